The fraction of sp³-hybridized carbons (Fsp3) is 0.500. The number of carboxylic acids is 1. The van der Waals surface area contributed by atoms with Crippen LogP contribution >= 0.6 is 0 Å². The van der Waals surface area contributed by atoms with E-state index < -0.39 is 12.0 Å². The molecule has 1 aliphatic heterocycles. The summed E-state index contributed by atoms with van der Waals surface area (Å²) in [5.74, 6) is -0.787. The van der Waals surface area contributed by atoms with E-state index in [1.165, 1.54) is 6.26 Å². The number of nitrogens with one attached hydrogen (secondary N) is 2. The predicted octanol–water partition coefficient (Wildman–Crippen LogP) is 0.402. The van der Waals surface area contributed by atoms with E-state index in [0.717, 1.165) is 0 Å². The highest BCUT2D eigenvalue weighted by molar-refractivity contribution is 5.84. The molecule has 2 heterocycles. The molecule has 1 fully saturated rings. The highest BCUT2D eigenvalue weighted by Crippen LogP contribution is 2.17. The number of carbonyl (C=O) groups excluding carboxylic acids is 2. The average molecular weight is 309 g/mol. The molecule has 8 nitrogen and oxygen atoms in total. The molecule has 3 amide bonds. The van der Waals surface area contributed by atoms with Crippen molar-refractivity contribution in [1.82, 2.24) is 15.5 Å². The number of aliphatic carboxylic acids is 1. The molecule has 1 aliphatic rings. The average Bonchev–Trinajstić information content (AvgIpc) is 3.04. The van der Waals surface area contributed by atoms with Gasteiger partial charge in [0.2, 0.25) is 5.91 Å². The van der Waals surface area contributed by atoms with Crippen LogP contribution in [0.1, 0.15) is 18.6 Å². The van der Waals surface area contributed by atoms with Crippen LogP contribution in [-0.4, -0.2) is 47.5 Å². The molecule has 0 aromatic carbocycles. The van der Waals surface area contributed by atoms with E-state index in [0.29, 0.717) is 31.7 Å². The number of amides is 3. The molecule has 1 aromatic heterocycles. The molecule has 0 saturated carbocycles. The number of rotatable bonds is 5. The van der Waals surface area contributed by atoms with Gasteiger partial charge in [0, 0.05) is 13.1 Å². The molecule has 0 bridgehead atoms. The first kappa shape index (κ1) is 15.9. The molecule has 1 aromatic rings. The van der Waals surface area contributed by atoms with Crippen LogP contribution in [0.25, 0.3) is 0 Å². The first-order chi connectivity index (χ1) is 10.6. The van der Waals surface area contributed by atoms with E-state index in [4.69, 9.17) is 9.52 Å². The lowest BCUT2D eigenvalue weighted by atomic mass is 9.97. The summed E-state index contributed by atoms with van der Waals surface area (Å²) in [7, 11) is 0. The minimum atomic E-state index is -0.817. The van der Waals surface area contributed by atoms with Gasteiger partial charge in [-0.15, -0.1) is 0 Å². The third kappa shape index (κ3) is 4.51. The zero-order valence-electron chi connectivity index (χ0n) is 12.1. The van der Waals surface area contributed by atoms with Gasteiger partial charge in [-0.25, -0.2) is 4.79 Å². The van der Waals surface area contributed by atoms with Gasteiger partial charge in [-0.1, -0.05) is 0 Å². The zero-order valence-corrected chi connectivity index (χ0v) is 12.1. The van der Waals surface area contributed by atoms with Gasteiger partial charge in [0.15, 0.2) is 0 Å². The van der Waals surface area contributed by atoms with Crippen molar-refractivity contribution in [3.8, 4) is 0 Å². The number of carbonyl (C=O) groups is 3. The quantitative estimate of drug-likeness (QED) is 0.729. The van der Waals surface area contributed by atoms with Crippen molar-refractivity contribution in [1.29, 1.82) is 0 Å². The largest absolute Gasteiger partial charge is 0.481 e. The third-order valence-electron chi connectivity index (χ3n) is 3.60. The number of nitrogens with zero attached hydrogens (tertiary/aromatic N) is 1. The molecule has 8 heteroatoms. The van der Waals surface area contributed by atoms with Crippen molar-refractivity contribution in [2.75, 3.05) is 19.6 Å². The Balaban J connectivity index is 1.65. The summed E-state index contributed by atoms with van der Waals surface area (Å²) in [6, 6.07) is 3.00. The summed E-state index contributed by atoms with van der Waals surface area (Å²) < 4.78 is 5.07. The van der Waals surface area contributed by atoms with Crippen molar-refractivity contribution in [3.05, 3.63) is 24.2 Å². The summed E-state index contributed by atoms with van der Waals surface area (Å²) in [4.78, 5) is 35.9. The van der Waals surface area contributed by atoms with Crippen molar-refractivity contribution >= 4 is 17.9 Å². The van der Waals surface area contributed by atoms with Crippen LogP contribution in [0.15, 0.2) is 22.8 Å². The lowest BCUT2D eigenvalue weighted by molar-refractivity contribution is -0.145. The summed E-state index contributed by atoms with van der Waals surface area (Å²) in [5.41, 5.74) is 0. The van der Waals surface area contributed by atoms with Gasteiger partial charge in [0.05, 0.1) is 25.3 Å². The minimum Gasteiger partial charge on any atom is -0.481 e. The van der Waals surface area contributed by atoms with Gasteiger partial charge < -0.3 is 25.1 Å². The Labute approximate surface area is 127 Å². The summed E-state index contributed by atoms with van der Waals surface area (Å²) in [6.07, 6.45) is 2.41. The number of furan rings is 1. The Bertz CT molecular complexity index is 521. The SMILES string of the molecule is O=C(NCC(=O)N1CCC(C(=O)O)CC1)NCc1ccco1. The molecule has 0 spiro atoms. The molecule has 1 saturated heterocycles. The first-order valence-corrected chi connectivity index (χ1v) is 7.11. The van der Waals surface area contributed by atoms with E-state index in [1.54, 1.807) is 17.0 Å². The van der Waals surface area contributed by atoms with E-state index >= 15 is 0 Å². The summed E-state index contributed by atoms with van der Waals surface area (Å²) >= 11 is 0. The Morgan fingerprint density at radius 1 is 1.27 bits per heavy atom. The molecule has 0 unspecified atom stereocenters. The Hall–Kier alpha value is -2.51. The van der Waals surface area contributed by atoms with Crippen LogP contribution in [0.3, 0.4) is 0 Å². The molecular formula is C14H19N3O5. The van der Waals surface area contributed by atoms with Crippen LogP contribution < -0.4 is 10.6 Å². The number of piperidine rings is 1. The number of carboxylic acid groups (broad SMARTS) is 1. The lowest BCUT2D eigenvalue weighted by Gasteiger charge is -2.30. The van der Waals surface area contributed by atoms with Gasteiger partial charge in [0.1, 0.15) is 5.76 Å². The molecule has 22 heavy (non-hydrogen) atoms. The maximum Gasteiger partial charge on any atom is 0.315 e. The number of urea groups is 1. The maximum absolute atomic E-state index is 11.9. The predicted molar refractivity (Wildman–Crippen MR) is 75.9 cm³/mol. The van der Waals surface area contributed by atoms with Gasteiger partial charge in [-0.3, -0.25) is 9.59 Å². The molecule has 2 rings (SSSR count). The lowest BCUT2D eigenvalue weighted by Crippen LogP contribution is -2.46. The van der Waals surface area contributed by atoms with Crippen molar-refractivity contribution < 1.29 is 23.9 Å². The molecule has 3 N–H and O–H groups in total. The minimum absolute atomic E-state index is 0.109. The maximum atomic E-state index is 11.9. The second kappa shape index (κ2) is 7.48. The molecule has 120 valence electrons. The normalized spacial score (nSPS) is 15.4. The van der Waals surface area contributed by atoms with Crippen molar-refractivity contribution in [2.24, 2.45) is 5.92 Å². The molecule has 0 atom stereocenters. The van der Waals surface area contributed by atoms with Gasteiger partial charge >= 0.3 is 12.0 Å². The van der Waals surface area contributed by atoms with E-state index in [9.17, 15) is 14.4 Å². The molecule has 0 aliphatic carbocycles. The number of hydrogen-bond donors (Lipinski definition) is 3. The second-order valence-electron chi connectivity index (χ2n) is 5.11. The van der Waals surface area contributed by atoms with E-state index in [2.05, 4.69) is 10.6 Å². The second-order valence-corrected chi connectivity index (χ2v) is 5.11. The highest BCUT2D eigenvalue weighted by atomic mass is 16.4. The molecule has 0 radical (unpaired) electrons. The Kier molecular flexibility index (Phi) is 5.40. The topological polar surface area (TPSA) is 112 Å². The van der Waals surface area contributed by atoms with Gasteiger partial charge in [-0.2, -0.15) is 0 Å². The Morgan fingerprint density at radius 2 is 2.00 bits per heavy atom. The fourth-order valence-corrected chi connectivity index (χ4v) is 2.29. The summed E-state index contributed by atoms with van der Waals surface area (Å²) in [5, 5.41) is 14.0. The van der Waals surface area contributed by atoms with Crippen molar-refractivity contribution in [3.63, 3.8) is 0 Å². The fourth-order valence-electron chi connectivity index (χ4n) is 2.29. The standard InChI is InChI=1S/C14H19N3O5/c18-12(17-5-3-10(4-6-17)13(19)20)9-16-14(21)15-8-11-2-1-7-22-11/h1-2,7,10H,3-6,8-9H2,(H,19,20)(H2,15,16,21). The number of likely N-dealkylation sites (tertiary alicyclic amines) is 1. The van der Waals surface area contributed by atoms with Crippen LogP contribution in [0, 0.1) is 5.92 Å². The van der Waals surface area contributed by atoms with E-state index in [1.807, 2.05) is 0 Å². The summed E-state index contributed by atoms with van der Waals surface area (Å²) in [6.45, 7) is 0.954. The van der Waals surface area contributed by atoms with Gasteiger partial charge in [-0.05, 0) is 25.0 Å². The number of hydrogen-bond acceptors (Lipinski definition) is 4. The van der Waals surface area contributed by atoms with Crippen LogP contribution in [-0.2, 0) is 16.1 Å². The van der Waals surface area contributed by atoms with E-state index in [-0.39, 0.29) is 24.9 Å². The first-order valence-electron chi connectivity index (χ1n) is 7.11. The van der Waals surface area contributed by atoms with Crippen LogP contribution in [0.2, 0.25) is 0 Å². The van der Waals surface area contributed by atoms with Crippen LogP contribution in [0.5, 0.6) is 0 Å². The van der Waals surface area contributed by atoms with Crippen LogP contribution in [0.4, 0.5) is 4.79 Å². The zero-order chi connectivity index (χ0) is 15.9. The van der Waals surface area contributed by atoms with Gasteiger partial charge in [0.25, 0.3) is 0 Å². The molecular weight excluding hydrogens is 290 g/mol. The third-order valence-corrected chi connectivity index (χ3v) is 3.60. The van der Waals surface area contributed by atoms with Crippen molar-refractivity contribution in [2.45, 2.75) is 19.4 Å². The monoisotopic (exact) mass is 309 g/mol. The Morgan fingerprint density at radius 3 is 2.59 bits per heavy atom. The highest BCUT2D eigenvalue weighted by Gasteiger charge is 2.26. The smallest absolute Gasteiger partial charge is 0.315 e.